The Bertz CT molecular complexity index is 692. The molecule has 2 heterocycles. The number of carbonyl (C=O) groups excluding carboxylic acids is 1. The quantitative estimate of drug-likeness (QED) is 0.890. The van der Waals surface area contributed by atoms with Crippen LogP contribution in [0.1, 0.15) is 30.1 Å². The summed E-state index contributed by atoms with van der Waals surface area (Å²) in [5.41, 5.74) is 1.43. The molecule has 1 fully saturated rings. The zero-order chi connectivity index (χ0) is 15.0. The number of H-pyrrole nitrogens is 1. The average molecular weight is 286 g/mol. The predicted molar refractivity (Wildman–Crippen MR) is 79.2 cm³/mol. The second kappa shape index (κ2) is 5.24. The van der Waals surface area contributed by atoms with Crippen LogP contribution in [0.2, 0.25) is 0 Å². The van der Waals surface area contributed by atoms with Gasteiger partial charge in [0.05, 0.1) is 5.56 Å². The monoisotopic (exact) mass is 286 g/mol. The molecular formula is C16H18N2O3. The number of hydrogen-bond donors (Lipinski definition) is 2. The van der Waals surface area contributed by atoms with Crippen LogP contribution in [0.4, 0.5) is 0 Å². The summed E-state index contributed by atoms with van der Waals surface area (Å²) in [6, 6.07) is 6.82. The molecule has 2 unspecified atom stereocenters. The molecule has 0 saturated carbocycles. The zero-order valence-electron chi connectivity index (χ0n) is 11.9. The zero-order valence-corrected chi connectivity index (χ0v) is 11.9. The summed E-state index contributed by atoms with van der Waals surface area (Å²) >= 11 is 0. The van der Waals surface area contributed by atoms with Crippen molar-refractivity contribution >= 4 is 22.8 Å². The molecule has 1 aliphatic heterocycles. The number of nitrogens with zero attached hydrogens (tertiary/aromatic N) is 1. The lowest BCUT2D eigenvalue weighted by Crippen LogP contribution is -2.51. The maximum Gasteiger partial charge on any atom is 0.326 e. The van der Waals surface area contributed by atoms with Gasteiger partial charge < -0.3 is 15.0 Å². The lowest BCUT2D eigenvalue weighted by Gasteiger charge is -2.37. The van der Waals surface area contributed by atoms with E-state index in [2.05, 4.69) is 4.98 Å². The van der Waals surface area contributed by atoms with E-state index >= 15 is 0 Å². The number of benzene rings is 1. The van der Waals surface area contributed by atoms with Crippen molar-refractivity contribution in [1.29, 1.82) is 0 Å². The van der Waals surface area contributed by atoms with E-state index in [0.717, 1.165) is 23.7 Å². The first-order chi connectivity index (χ1) is 10.1. The van der Waals surface area contributed by atoms with Crippen LogP contribution in [0, 0.1) is 5.92 Å². The number of aromatic amines is 1. The SMILES string of the molecule is CC1CCCN(C(=O)c2c[nH]c3ccccc23)C1C(=O)O. The number of piperidine rings is 1. The fourth-order valence-corrected chi connectivity index (χ4v) is 3.20. The first-order valence-corrected chi connectivity index (χ1v) is 7.19. The Labute approximate surface area is 122 Å². The van der Waals surface area contributed by atoms with E-state index in [-0.39, 0.29) is 11.8 Å². The van der Waals surface area contributed by atoms with Crippen LogP contribution in [-0.4, -0.2) is 39.5 Å². The molecule has 1 aromatic heterocycles. The highest BCUT2D eigenvalue weighted by Gasteiger charge is 2.37. The van der Waals surface area contributed by atoms with Gasteiger partial charge in [0.25, 0.3) is 5.91 Å². The normalized spacial score (nSPS) is 22.4. The van der Waals surface area contributed by atoms with E-state index in [9.17, 15) is 14.7 Å². The summed E-state index contributed by atoms with van der Waals surface area (Å²) < 4.78 is 0. The fraction of sp³-hybridized carbons (Fsp3) is 0.375. The fourth-order valence-electron chi connectivity index (χ4n) is 3.20. The highest BCUT2D eigenvalue weighted by atomic mass is 16.4. The van der Waals surface area contributed by atoms with Crippen molar-refractivity contribution in [2.24, 2.45) is 5.92 Å². The largest absolute Gasteiger partial charge is 0.480 e. The molecule has 2 N–H and O–H groups in total. The molecular weight excluding hydrogens is 268 g/mol. The molecule has 0 bridgehead atoms. The molecule has 0 radical (unpaired) electrons. The Morgan fingerprint density at radius 2 is 2.10 bits per heavy atom. The number of rotatable bonds is 2. The van der Waals surface area contributed by atoms with Crippen molar-refractivity contribution in [3.63, 3.8) is 0 Å². The number of amides is 1. The average Bonchev–Trinajstić information content (AvgIpc) is 2.89. The Balaban J connectivity index is 1.98. The molecule has 21 heavy (non-hydrogen) atoms. The van der Waals surface area contributed by atoms with Crippen LogP contribution in [0.15, 0.2) is 30.5 Å². The number of likely N-dealkylation sites (tertiary alicyclic amines) is 1. The first kappa shape index (κ1) is 13.7. The number of para-hydroxylation sites is 1. The van der Waals surface area contributed by atoms with Crippen LogP contribution in [0.5, 0.6) is 0 Å². The molecule has 1 saturated heterocycles. The van der Waals surface area contributed by atoms with Gasteiger partial charge in [-0.25, -0.2) is 4.79 Å². The Morgan fingerprint density at radius 1 is 1.33 bits per heavy atom. The Morgan fingerprint density at radius 3 is 2.86 bits per heavy atom. The third-order valence-electron chi connectivity index (χ3n) is 4.27. The Kier molecular flexibility index (Phi) is 3.41. The summed E-state index contributed by atoms with van der Waals surface area (Å²) in [6.07, 6.45) is 3.36. The van der Waals surface area contributed by atoms with Crippen molar-refractivity contribution < 1.29 is 14.7 Å². The number of fused-ring (bicyclic) bond motifs is 1. The van der Waals surface area contributed by atoms with Gasteiger partial charge in [0.1, 0.15) is 6.04 Å². The molecule has 0 spiro atoms. The molecule has 2 aromatic rings. The predicted octanol–water partition coefficient (Wildman–Crippen LogP) is 2.49. The number of aromatic nitrogens is 1. The van der Waals surface area contributed by atoms with E-state index in [1.807, 2.05) is 31.2 Å². The maximum atomic E-state index is 12.8. The van der Waals surface area contributed by atoms with E-state index < -0.39 is 12.0 Å². The minimum atomic E-state index is -0.921. The maximum absolute atomic E-state index is 12.8. The molecule has 5 heteroatoms. The summed E-state index contributed by atoms with van der Waals surface area (Å²) in [5, 5.41) is 10.3. The lowest BCUT2D eigenvalue weighted by molar-refractivity contribution is -0.145. The standard InChI is InChI=1S/C16H18N2O3/c1-10-5-4-8-18(14(10)16(20)21)15(19)12-9-17-13-7-3-2-6-11(12)13/h2-3,6-7,9-10,14,17H,4-5,8H2,1H3,(H,20,21). The van der Waals surface area contributed by atoms with Crippen molar-refractivity contribution in [3.05, 3.63) is 36.0 Å². The van der Waals surface area contributed by atoms with Gasteiger partial charge >= 0.3 is 5.97 Å². The van der Waals surface area contributed by atoms with Gasteiger partial charge in [-0.15, -0.1) is 0 Å². The number of carboxylic acid groups (broad SMARTS) is 1. The summed E-state index contributed by atoms with van der Waals surface area (Å²) in [6.45, 7) is 2.40. The molecule has 1 aliphatic rings. The highest BCUT2D eigenvalue weighted by molar-refractivity contribution is 6.07. The summed E-state index contributed by atoms with van der Waals surface area (Å²) in [7, 11) is 0. The minimum Gasteiger partial charge on any atom is -0.480 e. The van der Waals surface area contributed by atoms with E-state index in [1.54, 1.807) is 6.20 Å². The molecule has 3 rings (SSSR count). The third kappa shape index (κ3) is 2.28. The summed E-state index contributed by atoms with van der Waals surface area (Å²) in [4.78, 5) is 28.9. The number of nitrogens with one attached hydrogen (secondary N) is 1. The van der Waals surface area contributed by atoms with E-state index in [4.69, 9.17) is 0 Å². The van der Waals surface area contributed by atoms with Gasteiger partial charge in [0, 0.05) is 23.6 Å². The molecule has 110 valence electrons. The number of aliphatic carboxylic acids is 1. The smallest absolute Gasteiger partial charge is 0.326 e. The topological polar surface area (TPSA) is 73.4 Å². The third-order valence-corrected chi connectivity index (χ3v) is 4.27. The van der Waals surface area contributed by atoms with Crippen LogP contribution in [0.25, 0.3) is 10.9 Å². The van der Waals surface area contributed by atoms with Gasteiger partial charge in [0.2, 0.25) is 0 Å². The van der Waals surface area contributed by atoms with Crippen molar-refractivity contribution in [2.45, 2.75) is 25.8 Å². The van der Waals surface area contributed by atoms with Gasteiger partial charge in [-0.2, -0.15) is 0 Å². The minimum absolute atomic E-state index is 0.0228. The van der Waals surface area contributed by atoms with Crippen molar-refractivity contribution in [1.82, 2.24) is 9.88 Å². The molecule has 1 aromatic carbocycles. The van der Waals surface area contributed by atoms with Crippen LogP contribution < -0.4 is 0 Å². The van der Waals surface area contributed by atoms with Crippen molar-refractivity contribution in [2.75, 3.05) is 6.54 Å². The lowest BCUT2D eigenvalue weighted by atomic mass is 9.90. The van der Waals surface area contributed by atoms with Gasteiger partial charge in [-0.05, 0) is 24.8 Å². The first-order valence-electron chi connectivity index (χ1n) is 7.19. The van der Waals surface area contributed by atoms with E-state index in [0.29, 0.717) is 12.1 Å². The molecule has 1 amide bonds. The highest BCUT2D eigenvalue weighted by Crippen LogP contribution is 2.27. The summed E-state index contributed by atoms with van der Waals surface area (Å²) in [5.74, 6) is -1.15. The number of carbonyl (C=O) groups is 2. The van der Waals surface area contributed by atoms with Gasteiger partial charge in [-0.1, -0.05) is 25.1 Å². The van der Waals surface area contributed by atoms with Gasteiger partial charge in [0.15, 0.2) is 0 Å². The number of hydrogen-bond acceptors (Lipinski definition) is 2. The second-order valence-electron chi connectivity index (χ2n) is 5.65. The Hall–Kier alpha value is -2.30. The van der Waals surface area contributed by atoms with Crippen LogP contribution in [-0.2, 0) is 4.79 Å². The van der Waals surface area contributed by atoms with Gasteiger partial charge in [-0.3, -0.25) is 4.79 Å². The van der Waals surface area contributed by atoms with Crippen LogP contribution >= 0.6 is 0 Å². The number of carboxylic acids is 1. The van der Waals surface area contributed by atoms with Crippen molar-refractivity contribution in [3.8, 4) is 0 Å². The molecule has 5 nitrogen and oxygen atoms in total. The van der Waals surface area contributed by atoms with Crippen LogP contribution in [0.3, 0.4) is 0 Å². The molecule has 2 atom stereocenters. The molecule has 0 aliphatic carbocycles. The van der Waals surface area contributed by atoms with E-state index in [1.165, 1.54) is 4.90 Å². The second-order valence-corrected chi connectivity index (χ2v) is 5.65.